The van der Waals surface area contributed by atoms with Gasteiger partial charge in [-0.3, -0.25) is 9.80 Å². The minimum atomic E-state index is -0.327. The van der Waals surface area contributed by atoms with Crippen molar-refractivity contribution in [2.75, 3.05) is 33.3 Å². The summed E-state index contributed by atoms with van der Waals surface area (Å²) < 4.78 is 5.63. The number of aliphatic hydroxyl groups is 1. The molecule has 1 aliphatic rings. The van der Waals surface area contributed by atoms with Gasteiger partial charge in [0, 0.05) is 32.2 Å². The first kappa shape index (κ1) is 16.4. The number of aliphatic hydroxyl groups excluding tert-OH is 1. The van der Waals surface area contributed by atoms with Gasteiger partial charge in [0.05, 0.1) is 18.8 Å². The maximum Gasteiger partial charge on any atom is 0.0793 e. The number of β-amino-alcohol motifs (C(OH)–C–C–N with tert-alkyl or cyclic N) is 1. The van der Waals surface area contributed by atoms with Crippen molar-refractivity contribution in [1.82, 2.24) is 9.80 Å². The summed E-state index contributed by atoms with van der Waals surface area (Å²) in [7, 11) is 2.06. The fourth-order valence-electron chi connectivity index (χ4n) is 2.87. The number of morpholine rings is 1. The molecule has 1 aromatic carbocycles. The van der Waals surface area contributed by atoms with Crippen molar-refractivity contribution in [2.45, 2.75) is 38.6 Å². The summed E-state index contributed by atoms with van der Waals surface area (Å²) in [6, 6.07) is 10.8. The van der Waals surface area contributed by atoms with E-state index in [1.165, 1.54) is 5.56 Å². The van der Waals surface area contributed by atoms with Gasteiger partial charge in [0.2, 0.25) is 0 Å². The maximum atomic E-state index is 10.3. The molecule has 1 heterocycles. The summed E-state index contributed by atoms with van der Waals surface area (Å²) in [5.41, 5.74) is 1.28. The molecule has 1 fully saturated rings. The average molecular weight is 292 g/mol. The van der Waals surface area contributed by atoms with Crippen molar-refractivity contribution < 1.29 is 9.84 Å². The van der Waals surface area contributed by atoms with Crippen LogP contribution in [0.2, 0.25) is 0 Å². The molecule has 0 aromatic heterocycles. The van der Waals surface area contributed by atoms with Gasteiger partial charge in [0.25, 0.3) is 0 Å². The van der Waals surface area contributed by atoms with Gasteiger partial charge in [-0.1, -0.05) is 30.3 Å². The molecular weight excluding hydrogens is 264 g/mol. The third kappa shape index (κ3) is 5.40. The van der Waals surface area contributed by atoms with Gasteiger partial charge in [-0.25, -0.2) is 0 Å². The molecule has 0 saturated carbocycles. The number of nitrogens with zero attached hydrogens (tertiary/aromatic N) is 2. The molecule has 1 aliphatic heterocycles. The Hall–Kier alpha value is -0.940. The molecule has 4 heteroatoms. The van der Waals surface area contributed by atoms with Crippen molar-refractivity contribution in [2.24, 2.45) is 0 Å². The van der Waals surface area contributed by atoms with Crippen LogP contribution in [0.4, 0.5) is 0 Å². The summed E-state index contributed by atoms with van der Waals surface area (Å²) in [6.45, 7) is 8.18. The number of ether oxygens (including phenoxy) is 1. The molecule has 0 bridgehead atoms. The first-order chi connectivity index (χ1) is 10.0. The van der Waals surface area contributed by atoms with E-state index in [1.807, 2.05) is 6.07 Å². The first-order valence-electron chi connectivity index (χ1n) is 7.80. The quantitative estimate of drug-likeness (QED) is 0.864. The zero-order valence-corrected chi connectivity index (χ0v) is 13.4. The molecule has 2 rings (SSSR count). The molecule has 1 N–H and O–H groups in total. The van der Waals surface area contributed by atoms with Gasteiger partial charge in [0.15, 0.2) is 0 Å². The number of rotatable bonds is 6. The van der Waals surface area contributed by atoms with Crippen molar-refractivity contribution >= 4 is 0 Å². The Kier molecular flexibility index (Phi) is 6.18. The van der Waals surface area contributed by atoms with E-state index in [0.717, 1.165) is 19.7 Å². The van der Waals surface area contributed by atoms with Gasteiger partial charge in [-0.15, -0.1) is 0 Å². The lowest BCUT2D eigenvalue weighted by Gasteiger charge is -2.38. The van der Waals surface area contributed by atoms with Crippen LogP contribution in [0.25, 0.3) is 0 Å². The second kappa shape index (κ2) is 7.90. The summed E-state index contributed by atoms with van der Waals surface area (Å²) in [5, 5.41) is 10.3. The second-order valence-corrected chi connectivity index (χ2v) is 6.28. The van der Waals surface area contributed by atoms with E-state index < -0.39 is 0 Å². The molecule has 1 saturated heterocycles. The number of benzene rings is 1. The fraction of sp³-hybridized carbons (Fsp3) is 0.647. The Morgan fingerprint density at radius 2 is 2.05 bits per heavy atom. The van der Waals surface area contributed by atoms with Crippen molar-refractivity contribution in [3.63, 3.8) is 0 Å². The Morgan fingerprint density at radius 3 is 2.76 bits per heavy atom. The van der Waals surface area contributed by atoms with Gasteiger partial charge in [0.1, 0.15) is 0 Å². The monoisotopic (exact) mass is 292 g/mol. The normalized spacial score (nSPS) is 25.2. The summed E-state index contributed by atoms with van der Waals surface area (Å²) in [6.07, 6.45) is -0.0677. The minimum absolute atomic E-state index is 0.260. The van der Waals surface area contributed by atoms with Crippen LogP contribution in [0.3, 0.4) is 0 Å². The Balaban J connectivity index is 1.76. The molecule has 4 nitrogen and oxygen atoms in total. The van der Waals surface area contributed by atoms with E-state index in [0.29, 0.717) is 19.1 Å². The summed E-state index contributed by atoms with van der Waals surface area (Å²) >= 11 is 0. The van der Waals surface area contributed by atoms with Crippen LogP contribution in [-0.2, 0) is 11.3 Å². The summed E-state index contributed by atoms with van der Waals surface area (Å²) in [4.78, 5) is 4.50. The van der Waals surface area contributed by atoms with E-state index in [2.05, 4.69) is 55.0 Å². The number of hydrogen-bond donors (Lipinski definition) is 1. The van der Waals surface area contributed by atoms with Gasteiger partial charge >= 0.3 is 0 Å². The molecule has 21 heavy (non-hydrogen) atoms. The molecule has 0 amide bonds. The Labute approximate surface area is 128 Å². The maximum absolute atomic E-state index is 10.3. The largest absolute Gasteiger partial charge is 0.390 e. The van der Waals surface area contributed by atoms with Crippen LogP contribution in [0, 0.1) is 0 Å². The van der Waals surface area contributed by atoms with Crippen molar-refractivity contribution in [1.29, 1.82) is 0 Å². The van der Waals surface area contributed by atoms with Crippen LogP contribution in [0.15, 0.2) is 30.3 Å². The Bertz CT molecular complexity index is 413. The van der Waals surface area contributed by atoms with Crippen molar-refractivity contribution in [3.8, 4) is 0 Å². The van der Waals surface area contributed by atoms with Gasteiger partial charge in [-0.05, 0) is 26.5 Å². The lowest BCUT2D eigenvalue weighted by Crippen LogP contribution is -2.51. The van der Waals surface area contributed by atoms with Gasteiger partial charge < -0.3 is 9.84 Å². The topological polar surface area (TPSA) is 35.9 Å². The fourth-order valence-corrected chi connectivity index (χ4v) is 2.87. The van der Waals surface area contributed by atoms with Crippen molar-refractivity contribution in [3.05, 3.63) is 35.9 Å². The smallest absolute Gasteiger partial charge is 0.0793 e. The lowest BCUT2D eigenvalue weighted by molar-refractivity contribution is -0.0636. The van der Waals surface area contributed by atoms with E-state index >= 15 is 0 Å². The predicted molar refractivity (Wildman–Crippen MR) is 85.2 cm³/mol. The third-order valence-electron chi connectivity index (χ3n) is 4.00. The molecule has 0 aliphatic carbocycles. The van der Waals surface area contributed by atoms with E-state index in [1.54, 1.807) is 0 Å². The molecule has 3 unspecified atom stereocenters. The highest BCUT2D eigenvalue weighted by Crippen LogP contribution is 2.12. The van der Waals surface area contributed by atoms with E-state index in [-0.39, 0.29) is 12.2 Å². The van der Waals surface area contributed by atoms with Crippen LogP contribution >= 0.6 is 0 Å². The lowest BCUT2D eigenvalue weighted by atomic mass is 10.1. The highest BCUT2D eigenvalue weighted by molar-refractivity contribution is 5.14. The van der Waals surface area contributed by atoms with Crippen LogP contribution in [-0.4, -0.2) is 66.4 Å². The zero-order valence-electron chi connectivity index (χ0n) is 13.4. The highest BCUT2D eigenvalue weighted by atomic mass is 16.5. The number of likely N-dealkylation sites (N-methyl/N-ethyl adjacent to an activating group) is 1. The molecule has 0 radical (unpaired) electrons. The molecule has 3 atom stereocenters. The average Bonchev–Trinajstić information content (AvgIpc) is 2.43. The molecular formula is C17H28N2O2. The van der Waals surface area contributed by atoms with E-state index in [9.17, 15) is 5.11 Å². The predicted octanol–water partition coefficient (Wildman–Crippen LogP) is 1.59. The zero-order chi connectivity index (χ0) is 15.2. The highest BCUT2D eigenvalue weighted by Gasteiger charge is 2.25. The molecule has 0 spiro atoms. The van der Waals surface area contributed by atoms with Gasteiger partial charge in [-0.2, -0.15) is 0 Å². The molecule has 118 valence electrons. The standard InChI is InChI=1S/C17H28N2O2/c1-14-13-21-15(2)9-19(14)12-17(20)11-18(3)10-16-7-5-4-6-8-16/h4-8,14-15,17,20H,9-13H2,1-3H3. The van der Waals surface area contributed by atoms with E-state index in [4.69, 9.17) is 4.74 Å². The minimum Gasteiger partial charge on any atom is -0.390 e. The van der Waals surface area contributed by atoms with Crippen LogP contribution in [0.5, 0.6) is 0 Å². The second-order valence-electron chi connectivity index (χ2n) is 6.28. The number of hydrogen-bond acceptors (Lipinski definition) is 4. The first-order valence-corrected chi connectivity index (χ1v) is 7.80. The van der Waals surface area contributed by atoms with Crippen LogP contribution in [0.1, 0.15) is 19.4 Å². The third-order valence-corrected chi connectivity index (χ3v) is 4.00. The van der Waals surface area contributed by atoms with Crippen LogP contribution < -0.4 is 0 Å². The SMILES string of the molecule is CC1CN(CC(O)CN(C)Cc2ccccc2)C(C)CO1. The molecule has 1 aromatic rings. The Morgan fingerprint density at radius 1 is 1.33 bits per heavy atom. The summed E-state index contributed by atoms with van der Waals surface area (Å²) in [5.74, 6) is 0.